The van der Waals surface area contributed by atoms with E-state index >= 15 is 0 Å². The third kappa shape index (κ3) is 5.05. The Kier molecular flexibility index (Phi) is 7.31. The van der Waals surface area contributed by atoms with Gasteiger partial charge in [-0.25, -0.2) is 9.78 Å². The van der Waals surface area contributed by atoms with Crippen molar-refractivity contribution in [2.75, 3.05) is 0 Å². The molecule has 0 saturated carbocycles. The second-order valence-corrected chi connectivity index (χ2v) is 9.59. The molecule has 2 aromatic heterocycles. The Morgan fingerprint density at radius 3 is 2.64 bits per heavy atom. The predicted octanol–water partition coefficient (Wildman–Crippen LogP) is 7.24. The zero-order valence-corrected chi connectivity index (χ0v) is 20.4. The highest BCUT2D eigenvalue weighted by Crippen LogP contribution is 2.31. The number of carboxylic acids is 1. The summed E-state index contributed by atoms with van der Waals surface area (Å²) < 4.78 is 2.22. The van der Waals surface area contributed by atoms with Gasteiger partial charge < -0.3 is 9.67 Å². The zero-order valence-electron chi connectivity index (χ0n) is 18.8. The highest BCUT2D eigenvalue weighted by atomic mass is 35.5. The number of hydrogen-bond donors (Lipinski definition) is 1. The van der Waals surface area contributed by atoms with Gasteiger partial charge in [-0.05, 0) is 48.1 Å². The number of thiophene rings is 1. The number of imidazole rings is 1. The summed E-state index contributed by atoms with van der Waals surface area (Å²) in [6.07, 6.45) is 3.37. The molecule has 0 saturated heterocycles. The minimum absolute atomic E-state index is 0.399. The van der Waals surface area contributed by atoms with Gasteiger partial charge in [-0.2, -0.15) is 0 Å². The van der Waals surface area contributed by atoms with Crippen molar-refractivity contribution in [1.82, 2.24) is 9.55 Å². The molecule has 0 atom stereocenters. The molecule has 0 fully saturated rings. The zero-order chi connectivity index (χ0) is 23.4. The molecule has 170 valence electrons. The first-order valence-electron chi connectivity index (χ1n) is 11.2. The van der Waals surface area contributed by atoms with Crippen LogP contribution in [0, 0.1) is 0 Å². The number of carboxylic acid groups (broad SMARTS) is 1. The monoisotopic (exact) mass is 478 g/mol. The number of halogens is 1. The molecule has 33 heavy (non-hydrogen) atoms. The summed E-state index contributed by atoms with van der Waals surface area (Å²) in [6.45, 7) is 4.67. The molecule has 0 spiro atoms. The van der Waals surface area contributed by atoms with Crippen LogP contribution in [-0.2, 0) is 24.2 Å². The van der Waals surface area contributed by atoms with Crippen LogP contribution in [0.1, 0.15) is 48.5 Å². The quantitative estimate of drug-likeness (QED) is 0.258. The molecule has 4 rings (SSSR count). The van der Waals surface area contributed by atoms with E-state index in [2.05, 4.69) is 11.5 Å². The number of allylic oxidation sites excluding steroid dienone is 1. The summed E-state index contributed by atoms with van der Waals surface area (Å²) in [5, 5.41) is 12.7. The predicted molar refractivity (Wildman–Crippen MR) is 137 cm³/mol. The Balaban J connectivity index is 1.90. The Bertz CT molecular complexity index is 1310. The lowest BCUT2D eigenvalue weighted by atomic mass is 9.97. The number of aromatic nitrogens is 2. The van der Waals surface area contributed by atoms with Crippen LogP contribution >= 0.6 is 22.9 Å². The molecule has 2 aromatic carbocycles. The first-order valence-corrected chi connectivity index (χ1v) is 12.4. The van der Waals surface area contributed by atoms with E-state index in [-0.39, 0.29) is 0 Å². The summed E-state index contributed by atoms with van der Waals surface area (Å²) in [7, 11) is 0. The Labute approximate surface area is 203 Å². The van der Waals surface area contributed by atoms with Crippen LogP contribution in [0.5, 0.6) is 0 Å². The normalized spacial score (nSPS) is 12.2. The van der Waals surface area contributed by atoms with Crippen LogP contribution in [0.25, 0.3) is 16.6 Å². The lowest BCUT2D eigenvalue weighted by molar-refractivity contribution is -0.132. The van der Waals surface area contributed by atoms with Crippen molar-refractivity contribution in [2.45, 2.75) is 46.1 Å². The minimum Gasteiger partial charge on any atom is -0.478 e. The molecule has 0 aliphatic carbocycles. The standard InChI is InChI=1S/C27H27ClN2O2S/c1-3-4-14-25-29-24-13-7-11-21(18(2)22(27(31)32)16-20-10-8-15-33-20)26(24)30(25)17-19-9-5-6-12-23(19)28/h5-13,15H,3-4,14,16-17H2,1-2H3,(H,31,32). The number of unbranched alkanes of at least 4 members (excludes halogenated alkanes) is 1. The van der Waals surface area contributed by atoms with Crippen LogP contribution in [0.2, 0.25) is 5.02 Å². The molecule has 0 aliphatic rings. The highest BCUT2D eigenvalue weighted by molar-refractivity contribution is 7.09. The van der Waals surface area contributed by atoms with Crippen LogP contribution in [0.15, 0.2) is 65.6 Å². The van der Waals surface area contributed by atoms with Gasteiger partial charge in [0.1, 0.15) is 5.82 Å². The average Bonchev–Trinajstić information content (AvgIpc) is 3.44. The van der Waals surface area contributed by atoms with Crippen molar-refractivity contribution in [2.24, 2.45) is 0 Å². The summed E-state index contributed by atoms with van der Waals surface area (Å²) in [5.74, 6) is 0.114. The number of aliphatic carboxylic acids is 1. The number of nitrogens with zero attached hydrogens (tertiary/aromatic N) is 2. The number of aryl methyl sites for hydroxylation is 1. The number of fused-ring (bicyclic) bond motifs is 1. The lowest BCUT2D eigenvalue weighted by Gasteiger charge is -2.15. The maximum atomic E-state index is 12.3. The maximum Gasteiger partial charge on any atom is 0.332 e. The minimum atomic E-state index is -0.888. The topological polar surface area (TPSA) is 55.1 Å². The first-order chi connectivity index (χ1) is 16.0. The van der Waals surface area contributed by atoms with Crippen molar-refractivity contribution >= 4 is 45.5 Å². The van der Waals surface area contributed by atoms with E-state index in [1.165, 1.54) is 0 Å². The number of hydrogen-bond acceptors (Lipinski definition) is 3. The molecule has 4 nitrogen and oxygen atoms in total. The van der Waals surface area contributed by atoms with Gasteiger partial charge in [-0.3, -0.25) is 0 Å². The molecule has 0 amide bonds. The fraction of sp³-hybridized carbons (Fsp3) is 0.259. The molecule has 0 bridgehead atoms. The fourth-order valence-corrected chi connectivity index (χ4v) is 5.06. The molecule has 4 aromatic rings. The first kappa shape index (κ1) is 23.3. The van der Waals surface area contributed by atoms with Gasteiger partial charge >= 0.3 is 5.97 Å². The molecule has 6 heteroatoms. The second kappa shape index (κ2) is 10.4. The molecule has 1 N–H and O–H groups in total. The maximum absolute atomic E-state index is 12.3. The number of carbonyl (C=O) groups is 1. The van der Waals surface area contributed by atoms with E-state index < -0.39 is 5.97 Å². The average molecular weight is 479 g/mol. The Morgan fingerprint density at radius 1 is 1.12 bits per heavy atom. The van der Waals surface area contributed by atoms with Crippen LogP contribution < -0.4 is 0 Å². The lowest BCUT2D eigenvalue weighted by Crippen LogP contribution is -2.09. The van der Waals surface area contributed by atoms with E-state index in [4.69, 9.17) is 16.6 Å². The molecule has 0 aliphatic heterocycles. The van der Waals surface area contributed by atoms with Crippen LogP contribution in [0.3, 0.4) is 0 Å². The van der Waals surface area contributed by atoms with Gasteiger partial charge in [-0.1, -0.05) is 61.3 Å². The van der Waals surface area contributed by atoms with E-state index in [1.807, 2.05) is 66.9 Å². The number of para-hydroxylation sites is 1. The second-order valence-electron chi connectivity index (χ2n) is 8.15. The van der Waals surface area contributed by atoms with E-state index in [0.29, 0.717) is 18.5 Å². The van der Waals surface area contributed by atoms with Crippen molar-refractivity contribution in [3.63, 3.8) is 0 Å². The fourth-order valence-electron chi connectivity index (χ4n) is 4.15. The smallest absolute Gasteiger partial charge is 0.332 e. The van der Waals surface area contributed by atoms with Gasteiger partial charge in [0, 0.05) is 33.9 Å². The largest absolute Gasteiger partial charge is 0.478 e. The number of benzene rings is 2. The van der Waals surface area contributed by atoms with Gasteiger partial charge in [0.15, 0.2) is 0 Å². The summed E-state index contributed by atoms with van der Waals surface area (Å²) in [6, 6.07) is 17.7. The third-order valence-corrected chi connectivity index (χ3v) is 7.18. The van der Waals surface area contributed by atoms with E-state index in [9.17, 15) is 9.90 Å². The Hall–Kier alpha value is -2.89. The van der Waals surface area contributed by atoms with Crippen LogP contribution in [-0.4, -0.2) is 20.6 Å². The molecular formula is C27H27ClN2O2S. The van der Waals surface area contributed by atoms with Crippen molar-refractivity contribution in [1.29, 1.82) is 0 Å². The SMILES string of the molecule is CCCCc1nc2cccc(C(C)=C(Cc3cccs3)C(=O)O)c2n1Cc1ccccc1Cl. The summed E-state index contributed by atoms with van der Waals surface area (Å²) in [5.41, 5.74) is 4.94. The van der Waals surface area contributed by atoms with Crippen LogP contribution in [0.4, 0.5) is 0 Å². The Morgan fingerprint density at radius 2 is 1.94 bits per heavy atom. The molecule has 0 radical (unpaired) electrons. The molecular weight excluding hydrogens is 452 g/mol. The van der Waals surface area contributed by atoms with Crippen molar-refractivity contribution in [3.8, 4) is 0 Å². The van der Waals surface area contributed by atoms with Crippen molar-refractivity contribution < 1.29 is 9.90 Å². The van der Waals surface area contributed by atoms with Gasteiger partial charge in [0.25, 0.3) is 0 Å². The van der Waals surface area contributed by atoms with Crippen molar-refractivity contribution in [3.05, 3.63) is 92.4 Å². The van der Waals surface area contributed by atoms with Gasteiger partial charge in [0.2, 0.25) is 0 Å². The highest BCUT2D eigenvalue weighted by Gasteiger charge is 2.20. The third-order valence-electron chi connectivity index (χ3n) is 5.93. The molecule has 0 unspecified atom stereocenters. The summed E-state index contributed by atoms with van der Waals surface area (Å²) in [4.78, 5) is 18.2. The summed E-state index contributed by atoms with van der Waals surface area (Å²) >= 11 is 8.08. The van der Waals surface area contributed by atoms with E-state index in [1.54, 1.807) is 11.3 Å². The van der Waals surface area contributed by atoms with Gasteiger partial charge in [0.05, 0.1) is 17.6 Å². The van der Waals surface area contributed by atoms with Gasteiger partial charge in [-0.15, -0.1) is 11.3 Å². The van der Waals surface area contributed by atoms with E-state index in [0.717, 1.165) is 62.7 Å². The molecule has 2 heterocycles. The number of rotatable bonds is 9.